The van der Waals surface area contributed by atoms with Crippen LogP contribution in [0.2, 0.25) is 0 Å². The third-order valence-electron chi connectivity index (χ3n) is 3.27. The molecule has 134 valence electrons. The number of esters is 2. The van der Waals surface area contributed by atoms with Gasteiger partial charge in [0.2, 0.25) is 0 Å². The lowest BCUT2D eigenvalue weighted by Crippen LogP contribution is -2.37. The second kappa shape index (κ2) is 12.1. The number of hydrogen-bond acceptors (Lipinski definition) is 6. The number of ether oxygens (including phenoxy) is 4. The third-order valence-corrected chi connectivity index (χ3v) is 3.27. The minimum Gasteiger partial charge on any atom is -0.465 e. The van der Waals surface area contributed by atoms with Gasteiger partial charge < -0.3 is 18.9 Å². The monoisotopic (exact) mass is 330 g/mol. The molecule has 0 aromatic carbocycles. The SMILES string of the molecule is C=C(C)[C@H](CC(OCC)OCC)C(C(=O)OCC)C(=O)OCC. The summed E-state index contributed by atoms with van der Waals surface area (Å²) in [4.78, 5) is 24.5. The van der Waals surface area contributed by atoms with Crippen molar-refractivity contribution in [1.82, 2.24) is 0 Å². The van der Waals surface area contributed by atoms with Crippen LogP contribution in [0.25, 0.3) is 0 Å². The number of hydrogen-bond donors (Lipinski definition) is 0. The smallest absolute Gasteiger partial charge is 0.320 e. The van der Waals surface area contributed by atoms with E-state index in [4.69, 9.17) is 18.9 Å². The molecule has 0 spiro atoms. The van der Waals surface area contributed by atoms with Gasteiger partial charge in [-0.3, -0.25) is 9.59 Å². The van der Waals surface area contributed by atoms with Gasteiger partial charge in [0, 0.05) is 25.6 Å². The largest absolute Gasteiger partial charge is 0.465 e. The van der Waals surface area contributed by atoms with Crippen molar-refractivity contribution in [3.8, 4) is 0 Å². The van der Waals surface area contributed by atoms with Crippen molar-refractivity contribution in [3.05, 3.63) is 12.2 Å². The van der Waals surface area contributed by atoms with Crippen molar-refractivity contribution in [2.24, 2.45) is 11.8 Å². The lowest BCUT2D eigenvalue weighted by molar-refractivity contribution is -0.169. The molecule has 0 saturated heterocycles. The lowest BCUT2D eigenvalue weighted by Gasteiger charge is -2.28. The van der Waals surface area contributed by atoms with Gasteiger partial charge in [-0.2, -0.15) is 0 Å². The van der Waals surface area contributed by atoms with Gasteiger partial charge >= 0.3 is 11.9 Å². The Morgan fingerprint density at radius 3 is 1.61 bits per heavy atom. The van der Waals surface area contributed by atoms with Crippen molar-refractivity contribution in [3.63, 3.8) is 0 Å². The minimum atomic E-state index is -1.06. The van der Waals surface area contributed by atoms with E-state index in [1.807, 2.05) is 13.8 Å². The summed E-state index contributed by atoms with van der Waals surface area (Å²) >= 11 is 0. The first kappa shape index (κ1) is 21.6. The van der Waals surface area contributed by atoms with E-state index in [2.05, 4.69) is 6.58 Å². The molecule has 0 bridgehead atoms. The molecular formula is C17H30O6. The minimum absolute atomic E-state index is 0.192. The zero-order valence-electron chi connectivity index (χ0n) is 14.9. The van der Waals surface area contributed by atoms with E-state index < -0.39 is 30.1 Å². The van der Waals surface area contributed by atoms with Crippen molar-refractivity contribution in [2.75, 3.05) is 26.4 Å². The topological polar surface area (TPSA) is 71.1 Å². The van der Waals surface area contributed by atoms with Gasteiger partial charge in [-0.1, -0.05) is 12.2 Å². The van der Waals surface area contributed by atoms with Crippen molar-refractivity contribution in [2.45, 2.75) is 47.3 Å². The number of rotatable bonds is 12. The molecule has 6 nitrogen and oxygen atoms in total. The maximum absolute atomic E-state index is 12.3. The predicted molar refractivity (Wildman–Crippen MR) is 86.7 cm³/mol. The Balaban J connectivity index is 5.37. The normalized spacial score (nSPS) is 12.3. The van der Waals surface area contributed by atoms with Gasteiger partial charge in [0.1, 0.15) is 0 Å². The molecule has 0 rings (SSSR count). The summed E-state index contributed by atoms with van der Waals surface area (Å²) in [6.07, 6.45) is -0.183. The van der Waals surface area contributed by atoms with Gasteiger partial charge in [-0.05, 0) is 34.6 Å². The Morgan fingerprint density at radius 2 is 1.30 bits per heavy atom. The second-order valence-electron chi connectivity index (χ2n) is 5.01. The summed E-state index contributed by atoms with van der Waals surface area (Å²) in [5, 5.41) is 0. The van der Waals surface area contributed by atoms with E-state index >= 15 is 0 Å². The first-order valence-electron chi connectivity index (χ1n) is 8.14. The fourth-order valence-corrected chi connectivity index (χ4v) is 2.27. The van der Waals surface area contributed by atoms with Crippen LogP contribution in [-0.2, 0) is 28.5 Å². The summed E-state index contributed by atoms with van der Waals surface area (Å²) in [7, 11) is 0. The highest BCUT2D eigenvalue weighted by Gasteiger charge is 2.39. The van der Waals surface area contributed by atoms with E-state index in [-0.39, 0.29) is 13.2 Å². The van der Waals surface area contributed by atoms with E-state index in [0.717, 1.165) is 0 Å². The molecule has 0 N–H and O–H groups in total. The number of carbonyl (C=O) groups excluding carboxylic acids is 2. The van der Waals surface area contributed by atoms with Crippen molar-refractivity contribution >= 4 is 11.9 Å². The molecule has 0 aromatic rings. The number of carbonyl (C=O) groups is 2. The highest BCUT2D eigenvalue weighted by molar-refractivity contribution is 5.95. The van der Waals surface area contributed by atoms with E-state index in [1.165, 1.54) is 0 Å². The molecule has 0 unspecified atom stereocenters. The molecule has 0 heterocycles. The Bertz CT molecular complexity index is 355. The molecule has 0 aliphatic rings. The van der Waals surface area contributed by atoms with Gasteiger partial charge in [-0.15, -0.1) is 0 Å². The van der Waals surface area contributed by atoms with Crippen LogP contribution in [0.1, 0.15) is 41.0 Å². The third kappa shape index (κ3) is 7.61. The Morgan fingerprint density at radius 1 is 0.870 bits per heavy atom. The predicted octanol–water partition coefficient (Wildman–Crippen LogP) is 2.71. The maximum Gasteiger partial charge on any atom is 0.320 e. The summed E-state index contributed by atoms with van der Waals surface area (Å²) in [5.74, 6) is -2.75. The highest BCUT2D eigenvalue weighted by Crippen LogP contribution is 2.28. The molecule has 0 radical (unpaired) electrons. The van der Waals surface area contributed by atoms with E-state index in [9.17, 15) is 9.59 Å². The Kier molecular flexibility index (Phi) is 11.3. The molecule has 0 saturated carbocycles. The van der Waals surface area contributed by atoms with Crippen LogP contribution in [0, 0.1) is 11.8 Å². The molecule has 0 aliphatic carbocycles. The van der Waals surface area contributed by atoms with E-state index in [1.54, 1.807) is 20.8 Å². The summed E-state index contributed by atoms with van der Waals surface area (Å²) < 4.78 is 21.1. The van der Waals surface area contributed by atoms with E-state index in [0.29, 0.717) is 25.2 Å². The Hall–Kier alpha value is -1.40. The zero-order valence-corrected chi connectivity index (χ0v) is 14.9. The van der Waals surface area contributed by atoms with Gasteiger partial charge in [-0.25, -0.2) is 0 Å². The fourth-order valence-electron chi connectivity index (χ4n) is 2.27. The van der Waals surface area contributed by atoms with Crippen LogP contribution >= 0.6 is 0 Å². The molecule has 0 amide bonds. The van der Waals surface area contributed by atoms with Gasteiger partial charge in [0.25, 0.3) is 0 Å². The van der Waals surface area contributed by atoms with Gasteiger partial charge in [0.15, 0.2) is 12.2 Å². The Labute approximate surface area is 139 Å². The molecule has 0 aromatic heterocycles. The van der Waals surface area contributed by atoms with Gasteiger partial charge in [0.05, 0.1) is 13.2 Å². The molecule has 0 fully saturated rings. The second-order valence-corrected chi connectivity index (χ2v) is 5.01. The van der Waals surface area contributed by atoms with Crippen LogP contribution in [0.3, 0.4) is 0 Å². The summed E-state index contributed by atoms with van der Waals surface area (Å²) in [6, 6.07) is 0. The van der Waals surface area contributed by atoms with Crippen molar-refractivity contribution in [1.29, 1.82) is 0 Å². The fraction of sp³-hybridized carbons (Fsp3) is 0.765. The maximum atomic E-state index is 12.3. The highest BCUT2D eigenvalue weighted by atomic mass is 16.7. The zero-order chi connectivity index (χ0) is 17.8. The molecular weight excluding hydrogens is 300 g/mol. The molecule has 0 aliphatic heterocycles. The summed E-state index contributed by atoms with van der Waals surface area (Å²) in [6.45, 7) is 14.1. The van der Waals surface area contributed by atoms with Crippen molar-refractivity contribution < 1.29 is 28.5 Å². The number of allylic oxidation sites excluding steroid dienone is 1. The molecule has 1 atom stereocenters. The lowest BCUT2D eigenvalue weighted by atomic mass is 9.84. The summed E-state index contributed by atoms with van der Waals surface area (Å²) in [5.41, 5.74) is 0.681. The first-order chi connectivity index (χ1) is 10.9. The van der Waals surface area contributed by atoms with Crippen LogP contribution in [0.15, 0.2) is 12.2 Å². The standard InChI is InChI=1S/C17H30O6/c1-7-20-14(21-8-2)11-13(12(5)6)15(16(18)22-9-3)17(19)23-10-4/h13-15H,5,7-11H2,1-4,6H3/t13-/m0/s1. The average Bonchev–Trinajstić information content (AvgIpc) is 2.47. The van der Waals surface area contributed by atoms with Crippen LogP contribution < -0.4 is 0 Å². The first-order valence-corrected chi connectivity index (χ1v) is 8.14. The molecule has 6 heteroatoms. The molecule has 23 heavy (non-hydrogen) atoms. The van der Waals surface area contributed by atoms with Crippen LogP contribution in [0.5, 0.6) is 0 Å². The van der Waals surface area contributed by atoms with Crippen LogP contribution in [0.4, 0.5) is 0 Å². The quantitative estimate of drug-likeness (QED) is 0.237. The van der Waals surface area contributed by atoms with Crippen LogP contribution in [-0.4, -0.2) is 44.7 Å². The average molecular weight is 330 g/mol.